The number of hydrogen-bond acceptors (Lipinski definition) is 3. The second-order valence-electron chi connectivity index (χ2n) is 4.85. The van der Waals surface area contributed by atoms with Crippen LogP contribution in [0.4, 0.5) is 0 Å². The fourth-order valence-electron chi connectivity index (χ4n) is 2.28. The molecule has 0 unspecified atom stereocenters. The molecule has 0 aromatic heterocycles. The van der Waals surface area contributed by atoms with Crippen molar-refractivity contribution >= 4 is 17.6 Å². The molecule has 0 bridgehead atoms. The van der Waals surface area contributed by atoms with E-state index in [4.69, 9.17) is 26.2 Å². The van der Waals surface area contributed by atoms with Gasteiger partial charge in [-0.05, 0) is 11.5 Å². The number of ether oxygens (including phenoxy) is 2. The zero-order valence-corrected chi connectivity index (χ0v) is 11.8. The molecule has 1 N–H and O–H groups in total. The fourth-order valence-corrected chi connectivity index (χ4v) is 2.55. The Kier molecular flexibility index (Phi) is 4.20. The first-order chi connectivity index (χ1) is 9.00. The third-order valence-electron chi connectivity index (χ3n) is 3.04. The van der Waals surface area contributed by atoms with Crippen molar-refractivity contribution in [2.24, 2.45) is 0 Å². The number of fused-ring (bicyclic) bond motifs is 1. The molecule has 0 saturated carbocycles. The van der Waals surface area contributed by atoms with Crippen LogP contribution in [0.5, 0.6) is 11.5 Å². The predicted molar refractivity (Wildman–Crippen MR) is 72.5 cm³/mol. The molecule has 5 heteroatoms. The number of aliphatic carboxylic acids is 1. The van der Waals surface area contributed by atoms with Crippen LogP contribution in [-0.2, 0) is 11.2 Å². The van der Waals surface area contributed by atoms with Crippen LogP contribution in [0.15, 0.2) is 6.07 Å². The lowest BCUT2D eigenvalue weighted by atomic mass is 9.93. The maximum atomic E-state index is 11.0. The number of hydrogen-bond donors (Lipinski definition) is 1. The Morgan fingerprint density at radius 1 is 1.42 bits per heavy atom. The van der Waals surface area contributed by atoms with Crippen molar-refractivity contribution in [3.8, 4) is 11.5 Å². The van der Waals surface area contributed by atoms with Gasteiger partial charge in [-0.1, -0.05) is 25.4 Å². The number of halogens is 1. The van der Waals surface area contributed by atoms with Gasteiger partial charge in [-0.25, -0.2) is 0 Å². The maximum Gasteiger partial charge on any atom is 0.307 e. The number of carboxylic acid groups (broad SMARTS) is 1. The van der Waals surface area contributed by atoms with E-state index in [9.17, 15) is 4.79 Å². The van der Waals surface area contributed by atoms with Gasteiger partial charge in [0.2, 0.25) is 0 Å². The smallest absolute Gasteiger partial charge is 0.307 e. The Morgan fingerprint density at radius 2 is 2.11 bits per heavy atom. The summed E-state index contributed by atoms with van der Waals surface area (Å²) in [5.74, 6) is 0.468. The zero-order valence-electron chi connectivity index (χ0n) is 11.0. The summed E-state index contributed by atoms with van der Waals surface area (Å²) in [5.41, 5.74) is 1.46. The first-order valence-corrected chi connectivity index (χ1v) is 6.71. The molecule has 104 valence electrons. The lowest BCUT2D eigenvalue weighted by Gasteiger charge is -2.20. The molecule has 0 radical (unpaired) electrons. The highest BCUT2D eigenvalue weighted by Gasteiger charge is 2.24. The van der Waals surface area contributed by atoms with Crippen molar-refractivity contribution in [2.75, 3.05) is 13.2 Å². The molecule has 0 atom stereocenters. The van der Waals surface area contributed by atoms with Crippen LogP contribution >= 0.6 is 11.6 Å². The van der Waals surface area contributed by atoms with Gasteiger partial charge in [-0.2, -0.15) is 0 Å². The summed E-state index contributed by atoms with van der Waals surface area (Å²) in [6.45, 7) is 5.14. The van der Waals surface area contributed by atoms with Crippen LogP contribution in [0.2, 0.25) is 5.02 Å². The van der Waals surface area contributed by atoms with E-state index in [0.717, 1.165) is 12.0 Å². The van der Waals surface area contributed by atoms with Crippen LogP contribution in [0.25, 0.3) is 0 Å². The topological polar surface area (TPSA) is 55.8 Å². The molecule has 0 fully saturated rings. The number of rotatable bonds is 3. The van der Waals surface area contributed by atoms with Gasteiger partial charge >= 0.3 is 5.97 Å². The van der Waals surface area contributed by atoms with Gasteiger partial charge in [0.1, 0.15) is 0 Å². The van der Waals surface area contributed by atoms with Crippen molar-refractivity contribution in [3.63, 3.8) is 0 Å². The van der Waals surface area contributed by atoms with Crippen LogP contribution in [0.1, 0.15) is 37.3 Å². The Bertz CT molecular complexity index is 497. The highest BCUT2D eigenvalue weighted by molar-refractivity contribution is 6.32. The fraction of sp³-hybridized carbons (Fsp3) is 0.500. The molecular formula is C14H17ClO4. The van der Waals surface area contributed by atoms with E-state index in [-0.39, 0.29) is 12.3 Å². The van der Waals surface area contributed by atoms with Crippen LogP contribution in [-0.4, -0.2) is 24.3 Å². The molecule has 2 rings (SSSR count). The lowest BCUT2D eigenvalue weighted by molar-refractivity contribution is -0.136. The van der Waals surface area contributed by atoms with Gasteiger partial charge in [0, 0.05) is 23.1 Å². The number of carboxylic acids is 1. The third kappa shape index (κ3) is 2.95. The van der Waals surface area contributed by atoms with Gasteiger partial charge in [0.05, 0.1) is 19.6 Å². The monoisotopic (exact) mass is 284 g/mol. The molecule has 1 heterocycles. The highest BCUT2D eigenvalue weighted by atomic mass is 35.5. The average molecular weight is 285 g/mol. The van der Waals surface area contributed by atoms with Gasteiger partial charge in [-0.3, -0.25) is 4.79 Å². The first kappa shape index (κ1) is 14.0. The second-order valence-corrected chi connectivity index (χ2v) is 5.26. The zero-order chi connectivity index (χ0) is 14.0. The van der Waals surface area contributed by atoms with Crippen molar-refractivity contribution in [3.05, 3.63) is 22.2 Å². The Morgan fingerprint density at radius 3 is 2.74 bits per heavy atom. The van der Waals surface area contributed by atoms with E-state index >= 15 is 0 Å². The SMILES string of the molecule is CC(C)c1c(CC(=O)O)c(Cl)cc2c1OCCCO2. The van der Waals surface area contributed by atoms with E-state index in [0.29, 0.717) is 35.3 Å². The summed E-state index contributed by atoms with van der Waals surface area (Å²) in [6, 6.07) is 1.66. The molecule has 0 spiro atoms. The maximum absolute atomic E-state index is 11.0. The van der Waals surface area contributed by atoms with E-state index in [1.54, 1.807) is 6.07 Å². The normalized spacial score (nSPS) is 14.3. The summed E-state index contributed by atoms with van der Waals surface area (Å²) < 4.78 is 11.4. The Hall–Kier alpha value is -1.42. The van der Waals surface area contributed by atoms with Crippen molar-refractivity contribution in [1.82, 2.24) is 0 Å². The summed E-state index contributed by atoms with van der Waals surface area (Å²) in [4.78, 5) is 11.0. The van der Waals surface area contributed by atoms with Crippen molar-refractivity contribution in [1.29, 1.82) is 0 Å². The lowest BCUT2D eigenvalue weighted by Crippen LogP contribution is -2.08. The minimum atomic E-state index is -0.904. The van der Waals surface area contributed by atoms with Gasteiger partial charge in [-0.15, -0.1) is 0 Å². The molecule has 0 amide bonds. The Balaban J connectivity index is 2.60. The second kappa shape index (κ2) is 5.70. The average Bonchev–Trinajstić information content (AvgIpc) is 2.53. The minimum Gasteiger partial charge on any atom is -0.489 e. The summed E-state index contributed by atoms with van der Waals surface area (Å²) in [7, 11) is 0. The van der Waals surface area contributed by atoms with Gasteiger partial charge in [0.15, 0.2) is 11.5 Å². The number of carbonyl (C=O) groups is 1. The molecule has 1 aromatic rings. The molecule has 4 nitrogen and oxygen atoms in total. The van der Waals surface area contributed by atoms with E-state index in [1.807, 2.05) is 13.8 Å². The van der Waals surface area contributed by atoms with E-state index < -0.39 is 5.97 Å². The summed E-state index contributed by atoms with van der Waals surface area (Å²) >= 11 is 6.21. The van der Waals surface area contributed by atoms with Gasteiger partial charge in [0.25, 0.3) is 0 Å². The standard InChI is InChI=1S/C14H17ClO4/c1-8(2)13-9(6-12(16)17)10(15)7-11-14(13)19-5-3-4-18-11/h7-8H,3-6H2,1-2H3,(H,16,17). The van der Waals surface area contributed by atoms with Crippen molar-refractivity contribution in [2.45, 2.75) is 32.6 Å². The van der Waals surface area contributed by atoms with Crippen molar-refractivity contribution < 1.29 is 19.4 Å². The largest absolute Gasteiger partial charge is 0.489 e. The Labute approximate surface area is 117 Å². The van der Waals surface area contributed by atoms with Crippen LogP contribution < -0.4 is 9.47 Å². The molecule has 1 aliphatic rings. The van der Waals surface area contributed by atoms with Crippen LogP contribution in [0, 0.1) is 0 Å². The van der Waals surface area contributed by atoms with Gasteiger partial charge < -0.3 is 14.6 Å². The molecule has 1 aromatic carbocycles. The predicted octanol–water partition coefficient (Wildman–Crippen LogP) is 3.25. The molecule has 0 saturated heterocycles. The molecular weight excluding hydrogens is 268 g/mol. The summed E-state index contributed by atoms with van der Waals surface area (Å²) in [5, 5.41) is 9.45. The quantitative estimate of drug-likeness (QED) is 0.926. The highest BCUT2D eigenvalue weighted by Crippen LogP contribution is 2.43. The van der Waals surface area contributed by atoms with Crippen LogP contribution in [0.3, 0.4) is 0 Å². The molecule has 0 aliphatic carbocycles. The summed E-state index contributed by atoms with van der Waals surface area (Å²) in [6.07, 6.45) is 0.696. The van der Waals surface area contributed by atoms with E-state index in [2.05, 4.69) is 0 Å². The molecule has 19 heavy (non-hydrogen) atoms. The minimum absolute atomic E-state index is 0.108. The third-order valence-corrected chi connectivity index (χ3v) is 3.37. The molecule has 1 aliphatic heterocycles. The number of benzene rings is 1. The van der Waals surface area contributed by atoms with E-state index in [1.165, 1.54) is 0 Å². The first-order valence-electron chi connectivity index (χ1n) is 6.33.